The van der Waals surface area contributed by atoms with Crippen LogP contribution in [0.25, 0.3) is 22.3 Å². The molecule has 0 saturated heterocycles. The Bertz CT molecular complexity index is 1250. The van der Waals surface area contributed by atoms with Crippen molar-refractivity contribution in [3.63, 3.8) is 0 Å². The molecule has 5 rings (SSSR count). The molecule has 0 radical (unpaired) electrons. The summed E-state index contributed by atoms with van der Waals surface area (Å²) in [5, 5.41) is 16.1. The molecule has 0 aliphatic heterocycles. The van der Waals surface area contributed by atoms with E-state index in [1.54, 1.807) is 0 Å². The highest BCUT2D eigenvalue weighted by atomic mass is 16.1. The maximum atomic E-state index is 12.2. The van der Waals surface area contributed by atoms with E-state index in [2.05, 4.69) is 32.7 Å². The van der Waals surface area contributed by atoms with Gasteiger partial charge in [-0.05, 0) is 61.9 Å². The van der Waals surface area contributed by atoms with Gasteiger partial charge in [0.1, 0.15) is 5.82 Å². The molecule has 1 amide bonds. The van der Waals surface area contributed by atoms with Gasteiger partial charge in [-0.25, -0.2) is 4.98 Å². The van der Waals surface area contributed by atoms with Gasteiger partial charge in [0.25, 0.3) is 5.91 Å². The number of rotatable bonds is 6. The van der Waals surface area contributed by atoms with Crippen LogP contribution in [-0.2, 0) is 13.5 Å². The van der Waals surface area contributed by atoms with Crippen LogP contribution in [-0.4, -0.2) is 36.9 Å². The van der Waals surface area contributed by atoms with Gasteiger partial charge >= 0.3 is 0 Å². The zero-order valence-electron chi connectivity index (χ0n) is 18.0. The largest absolute Gasteiger partial charge is 0.350 e. The van der Waals surface area contributed by atoms with E-state index >= 15 is 0 Å². The van der Waals surface area contributed by atoms with Crippen molar-refractivity contribution in [1.82, 2.24) is 30.3 Å². The van der Waals surface area contributed by atoms with Crippen molar-refractivity contribution in [2.45, 2.75) is 45.1 Å². The minimum Gasteiger partial charge on any atom is -0.350 e. The summed E-state index contributed by atoms with van der Waals surface area (Å²) in [6, 6.07) is 11.8. The standard InChI is InChI=1S/C24H26N6O/c1-14(2)26-24(31)17-8-6-16(7-9-17)23-27-21(30(3)29-23)12-18-10-11-20-19(13-25-28-20)22(18)15-4-5-15/h6-11,13-15H,4-5,12H2,1-3H3,(H,25,28)(H,26,31). The third-order valence-corrected chi connectivity index (χ3v) is 5.77. The average molecular weight is 415 g/mol. The average Bonchev–Trinajstić information content (AvgIpc) is 3.35. The van der Waals surface area contributed by atoms with Crippen LogP contribution in [0.3, 0.4) is 0 Å². The monoisotopic (exact) mass is 414 g/mol. The summed E-state index contributed by atoms with van der Waals surface area (Å²) < 4.78 is 1.85. The molecule has 2 aromatic carbocycles. The van der Waals surface area contributed by atoms with Gasteiger partial charge in [-0.3, -0.25) is 14.6 Å². The number of carbonyl (C=O) groups excluding carboxylic acids is 1. The van der Waals surface area contributed by atoms with E-state index in [1.807, 2.05) is 56.0 Å². The summed E-state index contributed by atoms with van der Waals surface area (Å²) in [5.41, 5.74) is 5.31. The van der Waals surface area contributed by atoms with Gasteiger partial charge in [-0.1, -0.05) is 18.2 Å². The number of aromatic nitrogens is 5. The lowest BCUT2D eigenvalue weighted by Crippen LogP contribution is -2.29. The molecule has 0 bridgehead atoms. The topological polar surface area (TPSA) is 88.5 Å². The smallest absolute Gasteiger partial charge is 0.251 e. The van der Waals surface area contributed by atoms with E-state index in [9.17, 15) is 4.79 Å². The van der Waals surface area contributed by atoms with Crippen LogP contribution in [0.1, 0.15) is 59.9 Å². The highest BCUT2D eigenvalue weighted by Crippen LogP contribution is 2.45. The first-order valence-corrected chi connectivity index (χ1v) is 10.8. The molecule has 1 saturated carbocycles. The molecule has 4 aromatic rings. The lowest BCUT2D eigenvalue weighted by atomic mass is 9.97. The summed E-state index contributed by atoms with van der Waals surface area (Å²) in [6.45, 7) is 3.90. The molecule has 2 heterocycles. The molecule has 0 spiro atoms. The molecule has 1 aliphatic rings. The highest BCUT2D eigenvalue weighted by molar-refractivity contribution is 5.94. The summed E-state index contributed by atoms with van der Waals surface area (Å²) in [7, 11) is 1.93. The molecule has 1 fully saturated rings. The van der Waals surface area contributed by atoms with E-state index in [0.717, 1.165) is 23.3 Å². The van der Waals surface area contributed by atoms with Crippen LogP contribution in [0.4, 0.5) is 0 Å². The van der Waals surface area contributed by atoms with Crippen LogP contribution in [0.2, 0.25) is 0 Å². The van der Waals surface area contributed by atoms with Crippen molar-refractivity contribution < 1.29 is 4.79 Å². The van der Waals surface area contributed by atoms with Crippen molar-refractivity contribution in [3.8, 4) is 11.4 Å². The number of H-pyrrole nitrogens is 1. The molecule has 2 N–H and O–H groups in total. The number of hydrogen-bond donors (Lipinski definition) is 2. The number of fused-ring (bicyclic) bond motifs is 1. The maximum absolute atomic E-state index is 12.2. The van der Waals surface area contributed by atoms with E-state index < -0.39 is 0 Å². The van der Waals surface area contributed by atoms with Crippen molar-refractivity contribution in [2.75, 3.05) is 0 Å². The van der Waals surface area contributed by atoms with Crippen LogP contribution >= 0.6 is 0 Å². The summed E-state index contributed by atoms with van der Waals surface area (Å²) in [6.07, 6.45) is 5.13. The molecular weight excluding hydrogens is 388 g/mol. The van der Waals surface area contributed by atoms with Crippen LogP contribution < -0.4 is 5.32 Å². The van der Waals surface area contributed by atoms with Crippen LogP contribution in [0.5, 0.6) is 0 Å². The Morgan fingerprint density at radius 3 is 2.68 bits per heavy atom. The number of nitrogens with zero attached hydrogens (tertiary/aromatic N) is 4. The molecule has 158 valence electrons. The van der Waals surface area contributed by atoms with Gasteiger partial charge < -0.3 is 5.32 Å². The predicted octanol–water partition coefficient (Wildman–Crippen LogP) is 3.96. The molecule has 0 unspecified atom stereocenters. The number of aryl methyl sites for hydroxylation is 1. The van der Waals surface area contributed by atoms with E-state index in [1.165, 1.54) is 29.4 Å². The van der Waals surface area contributed by atoms with Crippen molar-refractivity contribution in [1.29, 1.82) is 0 Å². The van der Waals surface area contributed by atoms with Crippen molar-refractivity contribution in [3.05, 3.63) is 65.1 Å². The van der Waals surface area contributed by atoms with Gasteiger partial charge in [0.05, 0.1) is 11.7 Å². The Morgan fingerprint density at radius 1 is 1.19 bits per heavy atom. The van der Waals surface area contributed by atoms with Crippen LogP contribution in [0.15, 0.2) is 42.6 Å². The molecular formula is C24H26N6O. The van der Waals surface area contributed by atoms with Gasteiger partial charge in [-0.2, -0.15) is 10.2 Å². The van der Waals surface area contributed by atoms with E-state index in [4.69, 9.17) is 4.98 Å². The number of hydrogen-bond acceptors (Lipinski definition) is 4. The second-order valence-corrected chi connectivity index (χ2v) is 8.60. The zero-order valence-corrected chi connectivity index (χ0v) is 18.0. The van der Waals surface area contributed by atoms with Crippen LogP contribution in [0, 0.1) is 0 Å². The minimum atomic E-state index is -0.0709. The number of benzene rings is 2. The third-order valence-electron chi connectivity index (χ3n) is 5.77. The highest BCUT2D eigenvalue weighted by Gasteiger charge is 2.29. The first-order chi connectivity index (χ1) is 15.0. The first kappa shape index (κ1) is 19.5. The normalized spacial score (nSPS) is 13.8. The van der Waals surface area contributed by atoms with Crippen molar-refractivity contribution >= 4 is 16.8 Å². The fourth-order valence-electron chi connectivity index (χ4n) is 4.07. The summed E-state index contributed by atoms with van der Waals surface area (Å²) in [5.74, 6) is 2.14. The number of nitrogens with one attached hydrogen (secondary N) is 2. The summed E-state index contributed by atoms with van der Waals surface area (Å²) >= 11 is 0. The fourth-order valence-corrected chi connectivity index (χ4v) is 4.07. The molecule has 31 heavy (non-hydrogen) atoms. The maximum Gasteiger partial charge on any atom is 0.251 e. The van der Waals surface area contributed by atoms with Gasteiger partial charge in [0.15, 0.2) is 5.82 Å². The molecule has 7 heteroatoms. The van der Waals surface area contributed by atoms with Gasteiger partial charge in [0, 0.05) is 36.0 Å². The third kappa shape index (κ3) is 3.83. The Kier molecular flexibility index (Phi) is 4.81. The summed E-state index contributed by atoms with van der Waals surface area (Å²) in [4.78, 5) is 17.0. The Hall–Kier alpha value is -3.48. The number of carbonyl (C=O) groups is 1. The van der Waals surface area contributed by atoms with E-state index in [-0.39, 0.29) is 11.9 Å². The lowest BCUT2D eigenvalue weighted by molar-refractivity contribution is 0.0943. The molecule has 2 aromatic heterocycles. The quantitative estimate of drug-likeness (QED) is 0.500. The predicted molar refractivity (Wildman–Crippen MR) is 120 cm³/mol. The molecule has 1 aliphatic carbocycles. The van der Waals surface area contributed by atoms with Crippen molar-refractivity contribution in [2.24, 2.45) is 7.05 Å². The fraction of sp³-hybridized carbons (Fsp3) is 0.333. The minimum absolute atomic E-state index is 0.0709. The second-order valence-electron chi connectivity index (χ2n) is 8.60. The Balaban J connectivity index is 1.41. The number of aromatic amines is 1. The molecule has 7 nitrogen and oxygen atoms in total. The first-order valence-electron chi connectivity index (χ1n) is 10.8. The second kappa shape index (κ2) is 7.65. The SMILES string of the molecule is CC(C)NC(=O)c1ccc(-c2nc(Cc3ccc4[nH]ncc4c3C3CC3)n(C)n2)cc1. The molecule has 0 atom stereocenters. The Labute approximate surface area is 180 Å². The van der Waals surface area contributed by atoms with E-state index in [0.29, 0.717) is 17.3 Å². The van der Waals surface area contributed by atoms with Gasteiger partial charge in [-0.15, -0.1) is 0 Å². The van der Waals surface area contributed by atoms with Gasteiger partial charge in [0.2, 0.25) is 0 Å². The number of amides is 1. The Morgan fingerprint density at radius 2 is 1.97 bits per heavy atom. The lowest BCUT2D eigenvalue weighted by Gasteiger charge is -2.09. The zero-order chi connectivity index (χ0) is 21.5.